The molecular weight excluding hydrogens is 322 g/mol. The molecule has 6 heteroatoms. The molecule has 0 bridgehead atoms. The van der Waals surface area contributed by atoms with Gasteiger partial charge in [-0.3, -0.25) is 0 Å². The van der Waals surface area contributed by atoms with E-state index in [-0.39, 0.29) is 6.04 Å². The summed E-state index contributed by atoms with van der Waals surface area (Å²) in [6.07, 6.45) is 4.28. The number of nitrogens with zero attached hydrogens (tertiary/aromatic N) is 4. The van der Waals surface area contributed by atoms with Gasteiger partial charge < -0.3 is 14.5 Å². The highest BCUT2D eigenvalue weighted by Crippen LogP contribution is 2.24. The fourth-order valence-electron chi connectivity index (χ4n) is 3.73. The Morgan fingerprint density at radius 2 is 2.17 bits per heavy atom. The lowest BCUT2D eigenvalue weighted by Gasteiger charge is -2.27. The van der Waals surface area contributed by atoms with Gasteiger partial charge in [0.1, 0.15) is 11.6 Å². The maximum absolute atomic E-state index is 6.09. The van der Waals surface area contributed by atoms with Crippen LogP contribution < -0.4 is 5.32 Å². The highest BCUT2D eigenvalue weighted by atomic mass is 35.5. The van der Waals surface area contributed by atoms with E-state index in [0.29, 0.717) is 6.04 Å². The molecule has 1 N–H and O–H groups in total. The molecule has 0 unspecified atom stereocenters. The first-order valence-electron chi connectivity index (χ1n) is 8.42. The van der Waals surface area contributed by atoms with Crippen LogP contribution in [0.25, 0.3) is 11.0 Å². The van der Waals surface area contributed by atoms with Crippen molar-refractivity contribution in [2.45, 2.75) is 45.3 Å². The van der Waals surface area contributed by atoms with Gasteiger partial charge in [0.25, 0.3) is 0 Å². The van der Waals surface area contributed by atoms with E-state index in [1.165, 1.54) is 5.82 Å². The third kappa shape index (κ3) is 2.72. The number of hydrogen-bond acceptors (Lipinski definition) is 3. The summed E-state index contributed by atoms with van der Waals surface area (Å²) < 4.78 is 4.43. The second-order valence-corrected chi connectivity index (χ2v) is 7.17. The number of nitrogens with one attached hydrogen (secondary N) is 1. The Hall–Kier alpha value is -1.85. The first-order chi connectivity index (χ1) is 11.5. The van der Waals surface area contributed by atoms with E-state index in [2.05, 4.69) is 46.5 Å². The van der Waals surface area contributed by atoms with Gasteiger partial charge in [-0.15, -0.1) is 0 Å². The Labute approximate surface area is 146 Å². The molecule has 3 aromatic rings. The molecule has 0 spiro atoms. The molecule has 4 rings (SSSR count). The van der Waals surface area contributed by atoms with Crippen LogP contribution in [0.1, 0.15) is 36.7 Å². The summed E-state index contributed by atoms with van der Waals surface area (Å²) in [4.78, 5) is 9.36. The van der Waals surface area contributed by atoms with Gasteiger partial charge in [0, 0.05) is 37.3 Å². The van der Waals surface area contributed by atoms with E-state index in [0.717, 1.165) is 47.0 Å². The number of aromatic nitrogens is 4. The number of fused-ring (bicyclic) bond motifs is 2. The SMILES string of the molecule is Cc1cn2c(n1)CC[C@H](N[C@@H](C)c1nc3cc(Cl)ccc3n1C)C2. The van der Waals surface area contributed by atoms with E-state index >= 15 is 0 Å². The van der Waals surface area contributed by atoms with E-state index in [4.69, 9.17) is 16.6 Å². The van der Waals surface area contributed by atoms with Crippen LogP contribution in [0.2, 0.25) is 5.02 Å². The summed E-state index contributed by atoms with van der Waals surface area (Å²) in [6, 6.07) is 6.48. The van der Waals surface area contributed by atoms with Crippen molar-refractivity contribution < 1.29 is 0 Å². The fraction of sp³-hybridized carbons (Fsp3) is 0.444. The van der Waals surface area contributed by atoms with E-state index < -0.39 is 0 Å². The molecule has 0 amide bonds. The average Bonchev–Trinajstić information content (AvgIpc) is 3.06. The van der Waals surface area contributed by atoms with Gasteiger partial charge in [-0.25, -0.2) is 9.97 Å². The smallest absolute Gasteiger partial charge is 0.126 e. The van der Waals surface area contributed by atoms with Crippen molar-refractivity contribution in [2.24, 2.45) is 7.05 Å². The Morgan fingerprint density at radius 3 is 3.00 bits per heavy atom. The molecule has 0 radical (unpaired) electrons. The van der Waals surface area contributed by atoms with Gasteiger partial charge in [0.2, 0.25) is 0 Å². The van der Waals surface area contributed by atoms with Crippen molar-refractivity contribution in [1.82, 2.24) is 24.4 Å². The minimum Gasteiger partial charge on any atom is -0.333 e. The Kier molecular flexibility index (Phi) is 3.85. The second-order valence-electron chi connectivity index (χ2n) is 6.74. The zero-order chi connectivity index (χ0) is 16.8. The van der Waals surface area contributed by atoms with Gasteiger partial charge in [-0.05, 0) is 38.5 Å². The maximum atomic E-state index is 6.09. The molecule has 1 aliphatic heterocycles. The molecule has 1 aliphatic rings. The predicted molar refractivity (Wildman–Crippen MR) is 96.3 cm³/mol. The van der Waals surface area contributed by atoms with Crippen molar-refractivity contribution in [1.29, 1.82) is 0 Å². The van der Waals surface area contributed by atoms with Crippen LogP contribution in [0.4, 0.5) is 0 Å². The average molecular weight is 344 g/mol. The number of rotatable bonds is 3. The van der Waals surface area contributed by atoms with Crippen molar-refractivity contribution in [3.05, 3.63) is 46.8 Å². The molecule has 2 atom stereocenters. The molecule has 2 aromatic heterocycles. The van der Waals surface area contributed by atoms with Crippen molar-refractivity contribution in [3.63, 3.8) is 0 Å². The first-order valence-corrected chi connectivity index (χ1v) is 8.79. The summed E-state index contributed by atoms with van der Waals surface area (Å²) in [6.45, 7) is 5.20. The summed E-state index contributed by atoms with van der Waals surface area (Å²) in [5.41, 5.74) is 3.16. The van der Waals surface area contributed by atoms with Crippen molar-refractivity contribution in [3.8, 4) is 0 Å². The fourth-order valence-corrected chi connectivity index (χ4v) is 3.90. The van der Waals surface area contributed by atoms with Gasteiger partial charge in [-0.1, -0.05) is 11.6 Å². The third-order valence-electron chi connectivity index (χ3n) is 4.86. The largest absolute Gasteiger partial charge is 0.333 e. The van der Waals surface area contributed by atoms with Gasteiger partial charge >= 0.3 is 0 Å². The molecule has 0 saturated heterocycles. The minimum absolute atomic E-state index is 0.178. The minimum atomic E-state index is 0.178. The molecule has 0 aliphatic carbocycles. The zero-order valence-electron chi connectivity index (χ0n) is 14.3. The summed E-state index contributed by atoms with van der Waals surface area (Å²) in [7, 11) is 2.06. The lowest BCUT2D eigenvalue weighted by atomic mass is 10.1. The van der Waals surface area contributed by atoms with Crippen LogP contribution in [0, 0.1) is 6.92 Å². The molecule has 0 fully saturated rings. The van der Waals surface area contributed by atoms with Crippen LogP contribution in [-0.4, -0.2) is 25.1 Å². The first kappa shape index (κ1) is 15.7. The van der Waals surface area contributed by atoms with Gasteiger partial charge in [-0.2, -0.15) is 0 Å². The van der Waals surface area contributed by atoms with E-state index in [9.17, 15) is 0 Å². The van der Waals surface area contributed by atoms with E-state index in [1.54, 1.807) is 0 Å². The molecule has 1 aromatic carbocycles. The molecule has 24 heavy (non-hydrogen) atoms. The van der Waals surface area contributed by atoms with Crippen molar-refractivity contribution in [2.75, 3.05) is 0 Å². The topological polar surface area (TPSA) is 47.7 Å². The van der Waals surface area contributed by atoms with Crippen molar-refractivity contribution >= 4 is 22.6 Å². The van der Waals surface area contributed by atoms with Crippen LogP contribution in [0.5, 0.6) is 0 Å². The third-order valence-corrected chi connectivity index (χ3v) is 5.10. The Balaban J connectivity index is 1.54. The lowest BCUT2D eigenvalue weighted by Crippen LogP contribution is -2.39. The van der Waals surface area contributed by atoms with Crippen LogP contribution in [0.3, 0.4) is 0 Å². The van der Waals surface area contributed by atoms with Gasteiger partial charge in [0.05, 0.1) is 22.8 Å². The number of halogens is 1. The Morgan fingerprint density at radius 1 is 1.33 bits per heavy atom. The molecular formula is C18H22ClN5. The number of hydrogen-bond donors (Lipinski definition) is 1. The summed E-state index contributed by atoms with van der Waals surface area (Å²) in [5.74, 6) is 2.25. The van der Waals surface area contributed by atoms with Crippen LogP contribution in [-0.2, 0) is 20.0 Å². The molecule has 0 saturated carbocycles. The predicted octanol–water partition coefficient (Wildman–Crippen LogP) is 3.40. The standard InChI is InChI=1S/C18H22ClN5/c1-11-9-24-10-14(5-7-17(24)20-11)21-12(2)18-22-15-8-13(19)4-6-16(15)23(18)3/h4,6,8-9,12,14,21H,5,7,10H2,1-3H3/t12-,14-/m0/s1. The van der Waals surface area contributed by atoms with Gasteiger partial charge in [0.15, 0.2) is 0 Å². The lowest BCUT2D eigenvalue weighted by molar-refractivity contribution is 0.344. The van der Waals surface area contributed by atoms with Crippen LogP contribution >= 0.6 is 11.6 Å². The highest BCUT2D eigenvalue weighted by Gasteiger charge is 2.23. The second kappa shape index (κ2) is 5.90. The quantitative estimate of drug-likeness (QED) is 0.793. The van der Waals surface area contributed by atoms with Crippen LogP contribution in [0.15, 0.2) is 24.4 Å². The maximum Gasteiger partial charge on any atom is 0.126 e. The molecule has 126 valence electrons. The monoisotopic (exact) mass is 343 g/mol. The van der Waals surface area contributed by atoms with E-state index in [1.807, 2.05) is 18.2 Å². The summed E-state index contributed by atoms with van der Waals surface area (Å²) in [5, 5.41) is 4.46. The number of aryl methyl sites for hydroxylation is 3. The zero-order valence-corrected chi connectivity index (χ0v) is 15.0. The normalized spacial score (nSPS) is 18.8. The highest BCUT2D eigenvalue weighted by molar-refractivity contribution is 6.31. The number of imidazole rings is 2. The summed E-state index contributed by atoms with van der Waals surface area (Å²) >= 11 is 6.09. The molecule has 5 nitrogen and oxygen atoms in total. The Bertz CT molecular complexity index is 894. The molecule has 3 heterocycles. The number of benzene rings is 1.